The van der Waals surface area contributed by atoms with Gasteiger partial charge in [-0.25, -0.2) is 9.78 Å². The molecule has 2 heterocycles. The molecule has 0 saturated carbocycles. The fourth-order valence-electron chi connectivity index (χ4n) is 0.994. The number of nitrogens with two attached hydrogens (primary N) is 1. The molecule has 0 radical (unpaired) electrons. The number of nitrogens with one attached hydrogen (secondary N) is 2. The Morgan fingerprint density at radius 1 is 1.54 bits per heavy atom. The summed E-state index contributed by atoms with van der Waals surface area (Å²) in [5, 5.41) is 5.14. The second-order valence-electron chi connectivity index (χ2n) is 2.26. The molecule has 0 aliphatic carbocycles. The molecule has 7 nitrogen and oxygen atoms in total. The lowest BCUT2D eigenvalue weighted by atomic mass is 10.5. The quantitative estimate of drug-likeness (QED) is 0.499. The van der Waals surface area contributed by atoms with Crippen molar-refractivity contribution in [3.63, 3.8) is 0 Å². The molecule has 68 valence electrons. The Labute approximate surface area is 75.2 Å². The second-order valence-corrected chi connectivity index (χ2v) is 2.84. The minimum absolute atomic E-state index is 0.234. The number of aromatic amines is 2. The zero-order valence-electron chi connectivity index (χ0n) is 6.27. The zero-order valence-corrected chi connectivity index (χ0v) is 7.09. The number of aromatic nitrogens is 4. The van der Waals surface area contributed by atoms with Crippen LogP contribution in [0, 0.1) is 0 Å². The summed E-state index contributed by atoms with van der Waals surface area (Å²) in [4.78, 5) is 31.3. The first-order chi connectivity index (χ1) is 6.24. The largest absolute Gasteiger partial charge is 0.341 e. The van der Waals surface area contributed by atoms with E-state index in [1.165, 1.54) is 6.33 Å². The third-order valence-corrected chi connectivity index (χ3v) is 2.10. The highest BCUT2D eigenvalue weighted by Crippen LogP contribution is 1.96. The van der Waals surface area contributed by atoms with E-state index in [0.29, 0.717) is 12.1 Å². The first-order valence-corrected chi connectivity index (χ1v) is 4.13. The first-order valence-electron chi connectivity index (χ1n) is 3.29. The van der Waals surface area contributed by atoms with Crippen LogP contribution in [0.25, 0.3) is 11.2 Å². The van der Waals surface area contributed by atoms with E-state index < -0.39 is 11.2 Å². The van der Waals surface area contributed by atoms with Gasteiger partial charge in [0.1, 0.15) is 0 Å². The predicted molar refractivity (Wildman–Crippen MR) is 48.2 cm³/mol. The van der Waals surface area contributed by atoms with Crippen molar-refractivity contribution in [2.45, 2.75) is 0 Å². The Bertz CT molecular complexity index is 552. The monoisotopic (exact) mass is 199 g/mol. The highest BCUT2D eigenvalue weighted by atomic mass is 32.2. The number of fused-ring (bicyclic) bond motifs is 1. The van der Waals surface area contributed by atoms with E-state index >= 15 is 0 Å². The number of hydrogen-bond acceptors (Lipinski definition) is 5. The van der Waals surface area contributed by atoms with Gasteiger partial charge in [-0.1, -0.05) is 0 Å². The predicted octanol–water partition coefficient (Wildman–Crippen LogP) is -1.22. The van der Waals surface area contributed by atoms with E-state index in [1.54, 1.807) is 0 Å². The SMILES string of the molecule is NSn1c(=O)[nH]c2nc[nH]c2c1=O. The number of H-pyrrole nitrogens is 2. The average Bonchev–Trinajstić information content (AvgIpc) is 2.53. The topological polar surface area (TPSA) is 110 Å². The van der Waals surface area contributed by atoms with Crippen LogP contribution in [0.2, 0.25) is 0 Å². The van der Waals surface area contributed by atoms with Gasteiger partial charge in [0.25, 0.3) is 5.56 Å². The van der Waals surface area contributed by atoms with E-state index in [1.807, 2.05) is 0 Å². The minimum Gasteiger partial charge on any atom is -0.339 e. The van der Waals surface area contributed by atoms with Gasteiger partial charge in [-0.2, -0.15) is 3.97 Å². The van der Waals surface area contributed by atoms with Crippen molar-refractivity contribution in [1.29, 1.82) is 0 Å². The number of imidazole rings is 1. The Morgan fingerprint density at radius 2 is 2.31 bits per heavy atom. The minimum atomic E-state index is -0.586. The van der Waals surface area contributed by atoms with Crippen molar-refractivity contribution in [2.24, 2.45) is 5.14 Å². The molecule has 0 amide bonds. The fourth-order valence-corrected chi connectivity index (χ4v) is 1.32. The molecule has 2 aromatic heterocycles. The van der Waals surface area contributed by atoms with Gasteiger partial charge in [0.2, 0.25) is 0 Å². The van der Waals surface area contributed by atoms with Gasteiger partial charge < -0.3 is 4.98 Å². The first kappa shape index (κ1) is 8.08. The molecular weight excluding hydrogens is 194 g/mol. The Balaban J connectivity index is 3.02. The van der Waals surface area contributed by atoms with E-state index in [4.69, 9.17) is 5.14 Å². The maximum atomic E-state index is 11.4. The van der Waals surface area contributed by atoms with Crippen LogP contribution >= 0.6 is 12.1 Å². The lowest BCUT2D eigenvalue weighted by Crippen LogP contribution is -2.32. The summed E-state index contributed by atoms with van der Waals surface area (Å²) in [6.07, 6.45) is 1.33. The van der Waals surface area contributed by atoms with E-state index in [2.05, 4.69) is 15.0 Å². The van der Waals surface area contributed by atoms with Crippen LogP contribution in [0.3, 0.4) is 0 Å². The summed E-state index contributed by atoms with van der Waals surface area (Å²) in [5.74, 6) is 0. The molecule has 2 aromatic rings. The summed E-state index contributed by atoms with van der Waals surface area (Å²) in [7, 11) is 0. The third-order valence-electron chi connectivity index (χ3n) is 1.55. The van der Waals surface area contributed by atoms with Crippen LogP contribution in [0.15, 0.2) is 15.9 Å². The zero-order chi connectivity index (χ0) is 9.42. The summed E-state index contributed by atoms with van der Waals surface area (Å²) >= 11 is 0.553. The van der Waals surface area contributed by atoms with Gasteiger partial charge >= 0.3 is 5.69 Å². The van der Waals surface area contributed by atoms with Crippen LogP contribution in [-0.4, -0.2) is 18.9 Å². The van der Waals surface area contributed by atoms with Crippen LogP contribution < -0.4 is 16.4 Å². The summed E-state index contributed by atoms with van der Waals surface area (Å²) in [6.45, 7) is 0. The fraction of sp³-hybridized carbons (Fsp3) is 0. The summed E-state index contributed by atoms with van der Waals surface area (Å²) in [5.41, 5.74) is -0.612. The van der Waals surface area contributed by atoms with Crippen molar-refractivity contribution >= 4 is 23.3 Å². The van der Waals surface area contributed by atoms with Crippen molar-refractivity contribution in [3.05, 3.63) is 27.2 Å². The Kier molecular flexibility index (Phi) is 1.71. The Morgan fingerprint density at radius 3 is 3.00 bits per heavy atom. The van der Waals surface area contributed by atoms with Gasteiger partial charge in [-0.05, 0) is 0 Å². The van der Waals surface area contributed by atoms with Crippen LogP contribution in [0.1, 0.15) is 0 Å². The van der Waals surface area contributed by atoms with Crippen molar-refractivity contribution in [2.75, 3.05) is 0 Å². The molecule has 0 fully saturated rings. The average molecular weight is 199 g/mol. The molecule has 8 heteroatoms. The summed E-state index contributed by atoms with van der Waals surface area (Å²) in [6, 6.07) is 0. The molecule has 0 aliphatic rings. The normalized spacial score (nSPS) is 10.8. The number of nitrogens with zero attached hydrogens (tertiary/aromatic N) is 2. The second kappa shape index (κ2) is 2.75. The van der Waals surface area contributed by atoms with Gasteiger partial charge in [0.15, 0.2) is 11.2 Å². The Hall–Kier alpha value is -1.54. The molecule has 0 aliphatic heterocycles. The molecule has 0 unspecified atom stereocenters. The molecule has 2 rings (SSSR count). The van der Waals surface area contributed by atoms with Crippen LogP contribution in [-0.2, 0) is 0 Å². The molecular formula is C5H5N5O2S. The molecule has 0 spiro atoms. The summed E-state index contributed by atoms with van der Waals surface area (Å²) < 4.78 is 0.806. The van der Waals surface area contributed by atoms with Gasteiger partial charge in [0, 0.05) is 12.1 Å². The lowest BCUT2D eigenvalue weighted by Gasteiger charge is -1.96. The van der Waals surface area contributed by atoms with Gasteiger partial charge in [-0.15, -0.1) is 0 Å². The lowest BCUT2D eigenvalue weighted by molar-refractivity contribution is 1.01. The van der Waals surface area contributed by atoms with E-state index in [-0.39, 0.29) is 11.2 Å². The van der Waals surface area contributed by atoms with Crippen molar-refractivity contribution in [3.8, 4) is 0 Å². The maximum Gasteiger partial charge on any atom is 0.341 e. The molecule has 0 atom stereocenters. The van der Waals surface area contributed by atoms with Crippen LogP contribution in [0.5, 0.6) is 0 Å². The van der Waals surface area contributed by atoms with Crippen LogP contribution in [0.4, 0.5) is 0 Å². The number of rotatable bonds is 1. The standard InChI is InChI=1S/C5H5N5O2S/c6-13-10-4(11)2-3(8-1-7-2)9-5(10)12/h1H,6H2,(H,7,8)(H,9,12). The van der Waals surface area contributed by atoms with Gasteiger partial charge in [0.05, 0.1) is 6.33 Å². The highest BCUT2D eigenvalue weighted by molar-refractivity contribution is 7.95. The smallest absolute Gasteiger partial charge is 0.339 e. The van der Waals surface area contributed by atoms with Crippen molar-refractivity contribution in [1.82, 2.24) is 18.9 Å². The molecule has 0 bridgehead atoms. The third kappa shape index (κ3) is 1.07. The number of hydrogen-bond donors (Lipinski definition) is 3. The molecule has 0 saturated heterocycles. The van der Waals surface area contributed by atoms with Crippen molar-refractivity contribution < 1.29 is 0 Å². The molecule has 13 heavy (non-hydrogen) atoms. The van der Waals surface area contributed by atoms with E-state index in [0.717, 1.165) is 3.97 Å². The molecule has 0 aromatic carbocycles. The molecule has 4 N–H and O–H groups in total. The highest BCUT2D eigenvalue weighted by Gasteiger charge is 2.07. The maximum absolute atomic E-state index is 11.4. The van der Waals surface area contributed by atoms with Gasteiger partial charge in [-0.3, -0.25) is 14.9 Å². The van der Waals surface area contributed by atoms with E-state index in [9.17, 15) is 9.59 Å².